The van der Waals surface area contributed by atoms with Crippen molar-refractivity contribution < 1.29 is 9.53 Å². The maximum atomic E-state index is 11.5. The minimum atomic E-state index is -0.117. The van der Waals surface area contributed by atoms with Gasteiger partial charge in [-0.1, -0.05) is 42.0 Å². The lowest BCUT2D eigenvalue weighted by Crippen LogP contribution is -2.34. The highest BCUT2D eigenvalue weighted by Gasteiger charge is 2.38. The molecule has 2 aliphatic rings. The van der Waals surface area contributed by atoms with Crippen LogP contribution >= 0.6 is 0 Å². The van der Waals surface area contributed by atoms with Crippen LogP contribution in [0.5, 0.6) is 0 Å². The third-order valence-electron chi connectivity index (χ3n) is 5.78. The number of aryl methyl sites for hydroxylation is 1. The second-order valence-electron chi connectivity index (χ2n) is 7.31. The molecule has 0 unspecified atom stereocenters. The number of esters is 1. The fraction of sp³-hybridized carbons (Fsp3) is 0.409. The van der Waals surface area contributed by atoms with Gasteiger partial charge >= 0.3 is 5.97 Å². The first-order valence-corrected chi connectivity index (χ1v) is 9.17. The first-order chi connectivity index (χ1) is 12.2. The van der Waals surface area contributed by atoms with E-state index in [1.165, 1.54) is 47.8 Å². The molecule has 0 amide bonds. The summed E-state index contributed by atoms with van der Waals surface area (Å²) in [6, 6.07) is 16.1. The molecule has 2 aromatic carbocycles. The molecular formula is C22H25NO2. The number of hydrogen-bond donors (Lipinski definition) is 0. The molecule has 2 aromatic rings. The Bertz CT molecular complexity index is 798. The number of hydrogen-bond acceptors (Lipinski definition) is 3. The molecule has 0 N–H and O–H groups in total. The smallest absolute Gasteiger partial charge is 0.306 e. The second-order valence-corrected chi connectivity index (χ2v) is 7.31. The van der Waals surface area contributed by atoms with Crippen LogP contribution in [0.15, 0.2) is 42.5 Å². The van der Waals surface area contributed by atoms with Crippen LogP contribution in [-0.4, -0.2) is 31.1 Å². The molecule has 25 heavy (non-hydrogen) atoms. The topological polar surface area (TPSA) is 29.5 Å². The number of nitrogens with zero attached hydrogens (tertiary/aromatic N) is 1. The summed E-state index contributed by atoms with van der Waals surface area (Å²) < 4.78 is 4.81. The van der Waals surface area contributed by atoms with Crippen molar-refractivity contribution in [3.8, 4) is 11.1 Å². The number of fused-ring (bicyclic) bond motifs is 5. The number of ether oxygens (including phenoxy) is 1. The highest BCUT2D eigenvalue weighted by molar-refractivity contribution is 5.69. The number of benzene rings is 2. The molecular weight excluding hydrogens is 310 g/mol. The Morgan fingerprint density at radius 1 is 1.16 bits per heavy atom. The Balaban J connectivity index is 1.62. The number of methoxy groups -OCH3 is 1. The van der Waals surface area contributed by atoms with Crippen LogP contribution in [0.4, 0.5) is 0 Å². The van der Waals surface area contributed by atoms with Crippen LogP contribution < -0.4 is 0 Å². The summed E-state index contributed by atoms with van der Waals surface area (Å²) in [5.74, 6) is 0.565. The maximum Gasteiger partial charge on any atom is 0.306 e. The highest BCUT2D eigenvalue weighted by atomic mass is 16.5. The zero-order valence-corrected chi connectivity index (χ0v) is 15.0. The zero-order chi connectivity index (χ0) is 17.4. The molecule has 0 saturated carbocycles. The van der Waals surface area contributed by atoms with Crippen molar-refractivity contribution in [1.82, 2.24) is 4.90 Å². The van der Waals surface area contributed by atoms with Gasteiger partial charge in [0, 0.05) is 12.6 Å². The Morgan fingerprint density at radius 2 is 2.00 bits per heavy atom. The van der Waals surface area contributed by atoms with E-state index in [2.05, 4.69) is 54.3 Å². The molecule has 3 nitrogen and oxygen atoms in total. The SMILES string of the molecule is COC(=O)CCN1CC[C@@H]2C[C@H]1c1cc(-c3cccc(C)c3)ccc12. The lowest BCUT2D eigenvalue weighted by Gasteiger charge is -2.33. The Morgan fingerprint density at radius 3 is 2.80 bits per heavy atom. The van der Waals surface area contributed by atoms with E-state index in [-0.39, 0.29) is 5.97 Å². The summed E-state index contributed by atoms with van der Waals surface area (Å²) in [6.45, 7) is 4.00. The summed E-state index contributed by atoms with van der Waals surface area (Å²) in [5, 5.41) is 0. The average Bonchev–Trinajstić information content (AvgIpc) is 2.93. The van der Waals surface area contributed by atoms with E-state index in [0.29, 0.717) is 18.4 Å². The zero-order valence-electron chi connectivity index (χ0n) is 15.0. The van der Waals surface area contributed by atoms with Crippen LogP contribution in [0, 0.1) is 6.92 Å². The Kier molecular flexibility index (Phi) is 4.34. The van der Waals surface area contributed by atoms with Gasteiger partial charge in [0.05, 0.1) is 13.5 Å². The summed E-state index contributed by atoms with van der Waals surface area (Å²) in [5.41, 5.74) is 6.85. The van der Waals surface area contributed by atoms with E-state index in [0.717, 1.165) is 13.1 Å². The van der Waals surface area contributed by atoms with Gasteiger partial charge in [0.25, 0.3) is 0 Å². The van der Waals surface area contributed by atoms with Gasteiger partial charge in [-0.15, -0.1) is 0 Å². The molecule has 1 aliphatic heterocycles. The third kappa shape index (κ3) is 3.09. The summed E-state index contributed by atoms with van der Waals surface area (Å²) in [7, 11) is 1.47. The van der Waals surface area contributed by atoms with Crippen molar-refractivity contribution in [3.63, 3.8) is 0 Å². The quantitative estimate of drug-likeness (QED) is 0.773. The van der Waals surface area contributed by atoms with Gasteiger partial charge in [0.15, 0.2) is 0 Å². The van der Waals surface area contributed by atoms with E-state index < -0.39 is 0 Å². The number of carbonyl (C=O) groups is 1. The van der Waals surface area contributed by atoms with E-state index >= 15 is 0 Å². The van der Waals surface area contributed by atoms with Crippen molar-refractivity contribution in [2.75, 3.05) is 20.2 Å². The van der Waals surface area contributed by atoms with Crippen LogP contribution in [0.25, 0.3) is 11.1 Å². The molecule has 130 valence electrons. The largest absolute Gasteiger partial charge is 0.469 e. The lowest BCUT2D eigenvalue weighted by molar-refractivity contribution is -0.141. The molecule has 1 aliphatic carbocycles. The van der Waals surface area contributed by atoms with Crippen LogP contribution in [0.2, 0.25) is 0 Å². The number of likely N-dealkylation sites (tertiary alicyclic amines) is 1. The standard InChI is InChI=1S/C22H25NO2/c1-15-4-3-5-16(12-15)17-6-7-19-18-8-10-23(11-9-22(24)25-2)21(14-18)20(19)13-17/h3-7,12-13,18,21H,8-11,14H2,1-2H3/t18-,21+/m1/s1. The van der Waals surface area contributed by atoms with Crippen molar-refractivity contribution in [1.29, 1.82) is 0 Å². The van der Waals surface area contributed by atoms with Gasteiger partial charge in [-0.2, -0.15) is 0 Å². The van der Waals surface area contributed by atoms with Crippen molar-refractivity contribution in [2.24, 2.45) is 0 Å². The molecule has 0 radical (unpaired) electrons. The van der Waals surface area contributed by atoms with Gasteiger partial charge in [-0.3, -0.25) is 9.69 Å². The van der Waals surface area contributed by atoms with Crippen molar-refractivity contribution >= 4 is 5.97 Å². The first kappa shape index (κ1) is 16.3. The molecule has 2 atom stereocenters. The monoisotopic (exact) mass is 335 g/mol. The fourth-order valence-corrected chi connectivity index (χ4v) is 4.46. The van der Waals surface area contributed by atoms with E-state index in [1.807, 2.05) is 0 Å². The van der Waals surface area contributed by atoms with Crippen molar-refractivity contribution in [3.05, 3.63) is 59.2 Å². The third-order valence-corrected chi connectivity index (χ3v) is 5.78. The fourth-order valence-electron chi connectivity index (χ4n) is 4.46. The highest BCUT2D eigenvalue weighted by Crippen LogP contribution is 2.49. The Hall–Kier alpha value is -2.13. The molecule has 1 heterocycles. The number of rotatable bonds is 4. The van der Waals surface area contributed by atoms with Crippen LogP contribution in [-0.2, 0) is 9.53 Å². The predicted molar refractivity (Wildman–Crippen MR) is 99.5 cm³/mol. The summed E-state index contributed by atoms with van der Waals surface area (Å²) >= 11 is 0. The lowest BCUT2D eigenvalue weighted by atomic mass is 9.94. The van der Waals surface area contributed by atoms with Crippen molar-refractivity contribution in [2.45, 2.75) is 38.1 Å². The molecule has 1 saturated heterocycles. The van der Waals surface area contributed by atoms with Gasteiger partial charge in [-0.25, -0.2) is 0 Å². The van der Waals surface area contributed by atoms with Crippen LogP contribution in [0.1, 0.15) is 47.9 Å². The molecule has 1 fully saturated rings. The molecule has 4 rings (SSSR count). The van der Waals surface area contributed by atoms with E-state index in [4.69, 9.17) is 4.74 Å². The maximum absolute atomic E-state index is 11.5. The number of piperidine rings is 1. The van der Waals surface area contributed by atoms with Gasteiger partial charge in [0.1, 0.15) is 0 Å². The average molecular weight is 335 g/mol. The molecule has 2 bridgehead atoms. The minimum absolute atomic E-state index is 0.117. The molecule has 0 spiro atoms. The normalized spacial score (nSPS) is 21.8. The van der Waals surface area contributed by atoms with Gasteiger partial charge in [-0.05, 0) is 60.5 Å². The van der Waals surface area contributed by atoms with E-state index in [9.17, 15) is 4.79 Å². The second kappa shape index (κ2) is 6.64. The Labute approximate surface area is 149 Å². The minimum Gasteiger partial charge on any atom is -0.469 e. The van der Waals surface area contributed by atoms with Gasteiger partial charge < -0.3 is 4.74 Å². The van der Waals surface area contributed by atoms with E-state index in [1.54, 1.807) is 0 Å². The van der Waals surface area contributed by atoms with Crippen LogP contribution in [0.3, 0.4) is 0 Å². The molecule has 0 aromatic heterocycles. The summed E-state index contributed by atoms with van der Waals surface area (Å²) in [6.07, 6.45) is 2.85. The number of carbonyl (C=O) groups excluding carboxylic acids is 1. The summed E-state index contributed by atoms with van der Waals surface area (Å²) in [4.78, 5) is 14.0. The first-order valence-electron chi connectivity index (χ1n) is 9.17. The van der Waals surface area contributed by atoms with Gasteiger partial charge in [0.2, 0.25) is 0 Å². The predicted octanol–water partition coefficient (Wildman–Crippen LogP) is 4.46. The molecule has 3 heteroatoms.